The maximum atomic E-state index is 11.0. The molecule has 1 aliphatic carbocycles. The lowest BCUT2D eigenvalue weighted by atomic mass is 9.64. The molecule has 8 nitrogen and oxygen atoms in total. The molecule has 1 aliphatic rings. The second-order valence-corrected chi connectivity index (χ2v) is 12.6. The van der Waals surface area contributed by atoms with Gasteiger partial charge >= 0.3 is 0 Å². The van der Waals surface area contributed by atoms with Crippen LogP contribution in [0.4, 0.5) is 5.95 Å². The number of nitrogen functional groups attached to an aromatic ring is 1. The summed E-state index contributed by atoms with van der Waals surface area (Å²) in [5.41, 5.74) is 7.22. The molecule has 0 amide bonds. The molecule has 1 unspecified atom stereocenters. The van der Waals surface area contributed by atoms with E-state index < -0.39 is 14.6 Å². The minimum Gasteiger partial charge on any atom is -0.417 e. The molecule has 33 heavy (non-hydrogen) atoms. The zero-order valence-corrected chi connectivity index (χ0v) is 21.3. The highest BCUT2D eigenvalue weighted by molar-refractivity contribution is 6.48. The summed E-state index contributed by atoms with van der Waals surface area (Å²) in [6.07, 6.45) is 2.79. The Kier molecular flexibility index (Phi) is 6.03. The Balaban J connectivity index is 1.57. The molecule has 1 atom stereocenters. The first-order valence-electron chi connectivity index (χ1n) is 11.3. The van der Waals surface area contributed by atoms with Crippen molar-refractivity contribution < 1.29 is 9.53 Å². The summed E-state index contributed by atoms with van der Waals surface area (Å²) >= 11 is 0. The van der Waals surface area contributed by atoms with Crippen LogP contribution in [0.3, 0.4) is 0 Å². The van der Waals surface area contributed by atoms with Gasteiger partial charge < -0.3 is 15.3 Å². The SMILES string of the molecule is Cc1nc2ccc(C#CC3(O)CC(C(O[SiH](C)C)C(C)(C)C)C3)cc2n1-c1ncnc(N)n1. The molecule has 2 heterocycles. The van der Waals surface area contributed by atoms with Gasteiger partial charge in [0.25, 0.3) is 0 Å². The van der Waals surface area contributed by atoms with E-state index in [-0.39, 0.29) is 17.5 Å². The predicted molar refractivity (Wildman–Crippen MR) is 131 cm³/mol. The molecule has 0 saturated heterocycles. The molecule has 0 aliphatic heterocycles. The van der Waals surface area contributed by atoms with Gasteiger partial charge in [0, 0.05) is 5.56 Å². The van der Waals surface area contributed by atoms with Gasteiger partial charge in [-0.2, -0.15) is 4.98 Å². The Bertz CT molecular complexity index is 1230. The first-order valence-corrected chi connectivity index (χ1v) is 14.1. The van der Waals surface area contributed by atoms with E-state index >= 15 is 0 Å². The van der Waals surface area contributed by atoms with Crippen molar-refractivity contribution in [2.75, 3.05) is 5.73 Å². The van der Waals surface area contributed by atoms with Crippen molar-refractivity contribution in [1.29, 1.82) is 0 Å². The molecule has 0 radical (unpaired) electrons. The second kappa shape index (κ2) is 8.52. The van der Waals surface area contributed by atoms with Crippen molar-refractivity contribution in [3.8, 4) is 17.8 Å². The Labute approximate surface area is 196 Å². The highest BCUT2D eigenvalue weighted by atomic mass is 28.3. The van der Waals surface area contributed by atoms with Gasteiger partial charge in [0.1, 0.15) is 17.8 Å². The van der Waals surface area contributed by atoms with E-state index in [1.54, 1.807) is 0 Å². The quantitative estimate of drug-likeness (QED) is 0.451. The first-order chi connectivity index (χ1) is 15.4. The van der Waals surface area contributed by atoms with Gasteiger partial charge in [-0.25, -0.2) is 15.0 Å². The number of nitrogens with two attached hydrogens (primary N) is 1. The molecule has 3 N–H and O–H groups in total. The number of fused-ring (bicyclic) bond motifs is 1. The van der Waals surface area contributed by atoms with E-state index in [4.69, 9.17) is 10.2 Å². The molecular weight excluding hydrogens is 432 g/mol. The summed E-state index contributed by atoms with van der Waals surface area (Å²) in [6, 6.07) is 5.77. The average molecular weight is 465 g/mol. The Hall–Kier alpha value is -2.80. The molecule has 0 bridgehead atoms. The number of aryl methyl sites for hydroxylation is 1. The number of anilines is 1. The third-order valence-electron chi connectivity index (χ3n) is 5.94. The summed E-state index contributed by atoms with van der Waals surface area (Å²) in [6.45, 7) is 12.9. The van der Waals surface area contributed by atoms with Gasteiger partial charge in [0.05, 0.1) is 17.1 Å². The number of imidazole rings is 1. The third-order valence-corrected chi connectivity index (χ3v) is 6.78. The van der Waals surface area contributed by atoms with Crippen LogP contribution in [0, 0.1) is 30.1 Å². The minimum absolute atomic E-state index is 0.0381. The van der Waals surface area contributed by atoms with Crippen molar-refractivity contribution in [3.05, 3.63) is 35.9 Å². The fourth-order valence-corrected chi connectivity index (χ4v) is 5.78. The van der Waals surface area contributed by atoms with Gasteiger partial charge in [-0.15, -0.1) is 0 Å². The van der Waals surface area contributed by atoms with Crippen LogP contribution in [-0.4, -0.2) is 50.4 Å². The Morgan fingerprint density at radius 2 is 1.97 bits per heavy atom. The topological polar surface area (TPSA) is 112 Å². The normalized spacial score (nSPS) is 21.5. The molecule has 1 fully saturated rings. The largest absolute Gasteiger partial charge is 0.417 e. The highest BCUT2D eigenvalue weighted by Crippen LogP contribution is 2.45. The van der Waals surface area contributed by atoms with Crippen LogP contribution in [0.25, 0.3) is 17.0 Å². The molecule has 1 saturated carbocycles. The Morgan fingerprint density at radius 3 is 2.61 bits per heavy atom. The third kappa shape index (κ3) is 4.93. The summed E-state index contributed by atoms with van der Waals surface area (Å²) in [5, 5.41) is 11.0. The van der Waals surface area contributed by atoms with Crippen molar-refractivity contribution in [2.24, 2.45) is 11.3 Å². The molecular formula is C24H32N6O2Si. The van der Waals surface area contributed by atoms with E-state index in [0.717, 1.165) is 22.4 Å². The van der Waals surface area contributed by atoms with Crippen LogP contribution in [0.2, 0.25) is 13.1 Å². The lowest BCUT2D eigenvalue weighted by Crippen LogP contribution is -2.52. The molecule has 0 spiro atoms. The van der Waals surface area contributed by atoms with Crippen LogP contribution in [0.15, 0.2) is 24.5 Å². The fourth-order valence-electron chi connectivity index (χ4n) is 4.56. The van der Waals surface area contributed by atoms with Gasteiger partial charge in [-0.05, 0) is 62.4 Å². The summed E-state index contributed by atoms with van der Waals surface area (Å²) in [7, 11) is -1.18. The van der Waals surface area contributed by atoms with E-state index in [1.165, 1.54) is 6.33 Å². The predicted octanol–water partition coefficient (Wildman–Crippen LogP) is 3.01. The monoisotopic (exact) mass is 464 g/mol. The summed E-state index contributed by atoms with van der Waals surface area (Å²) in [5.74, 6) is 7.90. The zero-order valence-electron chi connectivity index (χ0n) is 20.1. The van der Waals surface area contributed by atoms with E-state index in [0.29, 0.717) is 24.7 Å². The van der Waals surface area contributed by atoms with Crippen LogP contribution < -0.4 is 5.73 Å². The van der Waals surface area contributed by atoms with Gasteiger partial charge in [0.2, 0.25) is 11.9 Å². The number of hydrogen-bond donors (Lipinski definition) is 2. The van der Waals surface area contributed by atoms with Crippen LogP contribution in [0.5, 0.6) is 0 Å². The molecule has 174 valence electrons. The van der Waals surface area contributed by atoms with Crippen molar-refractivity contribution in [3.63, 3.8) is 0 Å². The fraction of sp³-hybridized carbons (Fsp3) is 0.500. The molecule has 2 aromatic heterocycles. The summed E-state index contributed by atoms with van der Waals surface area (Å²) < 4.78 is 8.16. The van der Waals surface area contributed by atoms with Crippen molar-refractivity contribution in [1.82, 2.24) is 24.5 Å². The molecule has 4 rings (SSSR count). The average Bonchev–Trinajstić information content (AvgIpc) is 3.02. The Morgan fingerprint density at radius 1 is 1.24 bits per heavy atom. The van der Waals surface area contributed by atoms with Crippen molar-refractivity contribution >= 4 is 26.0 Å². The van der Waals surface area contributed by atoms with Crippen LogP contribution in [-0.2, 0) is 4.43 Å². The van der Waals surface area contributed by atoms with E-state index in [9.17, 15) is 5.11 Å². The first kappa shape index (κ1) is 23.4. The zero-order chi connectivity index (χ0) is 24.0. The lowest BCUT2D eigenvalue weighted by molar-refractivity contribution is -0.0935. The van der Waals surface area contributed by atoms with Gasteiger partial charge in [0.15, 0.2) is 9.04 Å². The number of nitrogens with zero attached hydrogens (tertiary/aromatic N) is 5. The van der Waals surface area contributed by atoms with Crippen molar-refractivity contribution in [2.45, 2.75) is 65.3 Å². The number of hydrogen-bond acceptors (Lipinski definition) is 7. The second-order valence-electron chi connectivity index (χ2n) is 10.3. The minimum atomic E-state index is -1.18. The molecule has 3 aromatic rings. The van der Waals surface area contributed by atoms with Crippen LogP contribution >= 0.6 is 0 Å². The van der Waals surface area contributed by atoms with E-state index in [1.807, 2.05) is 29.7 Å². The number of aromatic nitrogens is 5. The number of aliphatic hydroxyl groups is 1. The van der Waals surface area contributed by atoms with Crippen LogP contribution in [0.1, 0.15) is 45.0 Å². The number of rotatable bonds is 4. The highest BCUT2D eigenvalue weighted by Gasteiger charge is 2.48. The smallest absolute Gasteiger partial charge is 0.240 e. The van der Waals surface area contributed by atoms with E-state index in [2.05, 4.69) is 65.6 Å². The van der Waals surface area contributed by atoms with Gasteiger partial charge in [-0.3, -0.25) is 4.57 Å². The lowest BCUT2D eigenvalue weighted by Gasteiger charge is -2.48. The number of benzene rings is 1. The van der Waals surface area contributed by atoms with Gasteiger partial charge in [-0.1, -0.05) is 32.6 Å². The maximum Gasteiger partial charge on any atom is 0.240 e. The molecule has 9 heteroatoms. The summed E-state index contributed by atoms with van der Waals surface area (Å²) in [4.78, 5) is 16.9. The standard InChI is InChI=1S/C24H32N6O2Si/c1-15-28-18-8-7-16(11-19(18)30(15)22-27-14-26-21(25)29-22)9-10-24(31)12-17(13-24)20(23(2,3)4)32-33(5)6/h7-8,11,14,17,20,31,33H,12-13H2,1-6H3,(H2,25,26,27,29). The maximum absolute atomic E-state index is 11.0. The molecule has 1 aromatic carbocycles.